The number of aromatic nitrogens is 4. The fourth-order valence-corrected chi connectivity index (χ4v) is 7.55. The fourth-order valence-electron chi connectivity index (χ4n) is 7.55. The van der Waals surface area contributed by atoms with E-state index in [4.69, 9.17) is 24.2 Å². The molecule has 3 aliphatic rings. The maximum atomic E-state index is 13.0. The first kappa shape index (κ1) is 26.9. The number of benzene rings is 1. The van der Waals surface area contributed by atoms with Crippen LogP contribution in [0.5, 0.6) is 5.75 Å². The second-order valence-corrected chi connectivity index (χ2v) is 12.9. The third kappa shape index (κ3) is 4.43. The number of methoxy groups -OCH3 is 1. The van der Waals surface area contributed by atoms with Crippen LogP contribution in [-0.2, 0) is 16.5 Å². The van der Waals surface area contributed by atoms with Crippen LogP contribution in [0.2, 0.25) is 0 Å². The molecule has 3 atom stereocenters. The zero-order valence-electron chi connectivity index (χ0n) is 25.0. The minimum absolute atomic E-state index is 0.110. The topological polar surface area (TPSA) is 94.8 Å². The highest BCUT2D eigenvalue weighted by Crippen LogP contribution is 2.57. The lowest BCUT2D eigenvalue weighted by molar-refractivity contribution is 0.0188. The minimum atomic E-state index is -0.487. The summed E-state index contributed by atoms with van der Waals surface area (Å²) >= 11 is 0. The quantitative estimate of drug-likeness (QED) is 0.289. The van der Waals surface area contributed by atoms with Gasteiger partial charge in [0.05, 0.1) is 22.2 Å². The number of nitrogens with zero attached hydrogens (tertiary/aromatic N) is 6. The molecular formula is C32H38N6O4. The highest BCUT2D eigenvalue weighted by atomic mass is 16.7. The van der Waals surface area contributed by atoms with Gasteiger partial charge in [0.15, 0.2) is 6.79 Å². The van der Waals surface area contributed by atoms with E-state index in [9.17, 15) is 4.79 Å². The number of hydrogen-bond acceptors (Lipinski definition) is 8. The second kappa shape index (κ2) is 9.83. The van der Waals surface area contributed by atoms with E-state index >= 15 is 0 Å². The van der Waals surface area contributed by atoms with Crippen molar-refractivity contribution in [3.8, 4) is 17.0 Å². The van der Waals surface area contributed by atoms with Crippen molar-refractivity contribution in [1.29, 1.82) is 0 Å². The average Bonchev–Trinajstić information content (AvgIpc) is 3.68. The number of rotatable bonds is 5. The van der Waals surface area contributed by atoms with Gasteiger partial charge in [-0.05, 0) is 76.8 Å². The van der Waals surface area contributed by atoms with Crippen molar-refractivity contribution in [3.05, 3.63) is 42.6 Å². The smallest absolute Gasteiger partial charge is 0.410 e. The summed E-state index contributed by atoms with van der Waals surface area (Å²) < 4.78 is 18.6. The lowest BCUT2D eigenvalue weighted by atomic mass is 9.79. The SMILES string of the molecule is COCOc1cc2nn(C)cc2cc1-c1ccc2nc(N3CC[C@]45CCN(C(=O)OC(C)(C)C)[C@H]4CC[C@H]35)ccc2n1. The predicted molar refractivity (Wildman–Crippen MR) is 161 cm³/mol. The third-order valence-electron chi connectivity index (χ3n) is 9.21. The van der Waals surface area contributed by atoms with Crippen LogP contribution < -0.4 is 9.64 Å². The number of carbonyl (C=O) groups is 1. The number of anilines is 1. The van der Waals surface area contributed by atoms with Crippen molar-refractivity contribution in [3.63, 3.8) is 0 Å². The summed E-state index contributed by atoms with van der Waals surface area (Å²) in [6.45, 7) is 7.65. The number of aryl methyl sites for hydroxylation is 1. The molecule has 2 saturated heterocycles. The standard InChI is InChI=1S/C32H38N6O4/c1-31(2,3)42-30(39)38-15-13-32-12-14-37(27(32)9-10-28(32)38)29-11-8-23-24(34-29)7-6-22(33-23)21-16-20-18-36(4)35-25(20)17-26(21)41-19-40-5/h6-8,11,16-18,27-28H,9-10,12-15,19H2,1-5H3/t27-,28-,32+/m0/s1. The van der Waals surface area contributed by atoms with Gasteiger partial charge in [-0.25, -0.2) is 14.8 Å². The molecule has 3 fully saturated rings. The zero-order chi connectivity index (χ0) is 29.2. The molecule has 1 aliphatic carbocycles. The summed E-state index contributed by atoms with van der Waals surface area (Å²) in [5, 5.41) is 5.53. The average molecular weight is 571 g/mol. The summed E-state index contributed by atoms with van der Waals surface area (Å²) in [5.74, 6) is 1.66. The Morgan fingerprint density at radius 3 is 2.57 bits per heavy atom. The van der Waals surface area contributed by atoms with Gasteiger partial charge < -0.3 is 24.0 Å². The third-order valence-corrected chi connectivity index (χ3v) is 9.21. The molecule has 0 unspecified atom stereocenters. The number of carbonyl (C=O) groups excluding carboxylic acids is 1. The molecule has 7 rings (SSSR count). The Hall–Kier alpha value is -3.92. The van der Waals surface area contributed by atoms with E-state index in [1.54, 1.807) is 11.8 Å². The van der Waals surface area contributed by atoms with Crippen LogP contribution in [0.1, 0.15) is 46.5 Å². The van der Waals surface area contributed by atoms with Crippen LogP contribution in [0.15, 0.2) is 42.6 Å². The van der Waals surface area contributed by atoms with E-state index in [0.29, 0.717) is 11.8 Å². The number of fused-ring (bicyclic) bond motifs is 2. The van der Waals surface area contributed by atoms with E-state index in [2.05, 4.69) is 28.2 Å². The van der Waals surface area contributed by atoms with Gasteiger partial charge in [0, 0.05) is 68.0 Å². The maximum absolute atomic E-state index is 13.0. The van der Waals surface area contributed by atoms with E-state index in [1.807, 2.05) is 57.1 Å². The lowest BCUT2D eigenvalue weighted by Gasteiger charge is -2.34. The van der Waals surface area contributed by atoms with Crippen LogP contribution in [0.25, 0.3) is 33.2 Å². The Morgan fingerprint density at radius 2 is 1.76 bits per heavy atom. The van der Waals surface area contributed by atoms with Gasteiger partial charge >= 0.3 is 6.09 Å². The molecule has 0 radical (unpaired) electrons. The normalized spacial score (nSPS) is 23.5. The number of ether oxygens (including phenoxy) is 3. The Bertz CT molecular complexity index is 1680. The Labute approximate surface area is 245 Å². The van der Waals surface area contributed by atoms with E-state index < -0.39 is 5.60 Å². The molecular weight excluding hydrogens is 532 g/mol. The van der Waals surface area contributed by atoms with Crippen LogP contribution in [0.3, 0.4) is 0 Å². The van der Waals surface area contributed by atoms with Crippen molar-refractivity contribution in [2.75, 3.05) is 31.9 Å². The lowest BCUT2D eigenvalue weighted by Crippen LogP contribution is -2.44. The Morgan fingerprint density at radius 1 is 1.00 bits per heavy atom. The number of hydrogen-bond donors (Lipinski definition) is 0. The van der Waals surface area contributed by atoms with Crippen molar-refractivity contribution in [2.24, 2.45) is 12.5 Å². The number of likely N-dealkylation sites (tertiary alicyclic amines) is 1. The maximum Gasteiger partial charge on any atom is 0.410 e. The van der Waals surface area contributed by atoms with Crippen LogP contribution in [0, 0.1) is 5.41 Å². The molecule has 1 aromatic carbocycles. The van der Waals surface area contributed by atoms with Gasteiger partial charge in [0.1, 0.15) is 17.2 Å². The van der Waals surface area contributed by atoms with Crippen molar-refractivity contribution in [1.82, 2.24) is 24.6 Å². The molecule has 0 bridgehead atoms. The molecule has 42 heavy (non-hydrogen) atoms. The van der Waals surface area contributed by atoms with Crippen LogP contribution >= 0.6 is 0 Å². The Kier molecular flexibility index (Phi) is 6.31. The largest absolute Gasteiger partial charge is 0.467 e. The summed E-state index contributed by atoms with van der Waals surface area (Å²) in [6, 6.07) is 12.8. The first-order valence-electron chi connectivity index (χ1n) is 14.8. The first-order valence-corrected chi connectivity index (χ1v) is 14.8. The molecule has 220 valence electrons. The molecule has 5 heterocycles. The van der Waals surface area contributed by atoms with E-state index in [0.717, 1.165) is 77.8 Å². The molecule has 4 aromatic rings. The van der Waals surface area contributed by atoms with Gasteiger partial charge in [-0.1, -0.05) is 0 Å². The van der Waals surface area contributed by atoms with Crippen molar-refractivity contribution >= 4 is 33.8 Å². The summed E-state index contributed by atoms with van der Waals surface area (Å²) in [7, 11) is 3.51. The van der Waals surface area contributed by atoms with Gasteiger partial charge in [-0.15, -0.1) is 0 Å². The minimum Gasteiger partial charge on any atom is -0.467 e. The van der Waals surface area contributed by atoms with E-state index in [-0.39, 0.29) is 24.3 Å². The molecule has 10 heteroatoms. The van der Waals surface area contributed by atoms with E-state index in [1.165, 1.54) is 0 Å². The predicted octanol–water partition coefficient (Wildman–Crippen LogP) is 5.53. The van der Waals surface area contributed by atoms with Gasteiger partial charge in [0.2, 0.25) is 0 Å². The second-order valence-electron chi connectivity index (χ2n) is 12.9. The van der Waals surface area contributed by atoms with Gasteiger partial charge in [0.25, 0.3) is 0 Å². The van der Waals surface area contributed by atoms with Crippen molar-refractivity contribution in [2.45, 2.75) is 64.1 Å². The van der Waals surface area contributed by atoms with Crippen LogP contribution in [0.4, 0.5) is 10.6 Å². The molecule has 0 N–H and O–H groups in total. The number of pyridine rings is 2. The van der Waals surface area contributed by atoms with Crippen LogP contribution in [-0.4, -0.2) is 75.4 Å². The highest BCUT2D eigenvalue weighted by Gasteiger charge is 2.62. The zero-order valence-corrected chi connectivity index (χ0v) is 25.0. The summed E-state index contributed by atoms with van der Waals surface area (Å²) in [5.41, 5.74) is 3.85. The van der Waals surface area contributed by atoms with Crippen molar-refractivity contribution < 1.29 is 19.0 Å². The molecule has 1 saturated carbocycles. The molecule has 1 spiro atoms. The summed E-state index contributed by atoms with van der Waals surface area (Å²) in [6.07, 6.45) is 5.97. The summed E-state index contributed by atoms with van der Waals surface area (Å²) in [4.78, 5) is 27.6. The Balaban J connectivity index is 1.16. The van der Waals surface area contributed by atoms with Gasteiger partial charge in [-0.3, -0.25) is 4.68 Å². The molecule has 3 aromatic heterocycles. The highest BCUT2D eigenvalue weighted by molar-refractivity contribution is 5.89. The molecule has 2 aliphatic heterocycles. The fraction of sp³-hybridized carbons (Fsp3) is 0.500. The molecule has 10 nitrogen and oxygen atoms in total. The molecule has 1 amide bonds. The van der Waals surface area contributed by atoms with Gasteiger partial charge in [-0.2, -0.15) is 5.10 Å². The monoisotopic (exact) mass is 570 g/mol. The number of amides is 1. The first-order chi connectivity index (χ1) is 20.1.